The van der Waals surface area contributed by atoms with E-state index in [-0.39, 0.29) is 20.7 Å². The maximum atomic E-state index is 13.1. The van der Waals surface area contributed by atoms with E-state index in [2.05, 4.69) is 0 Å². The first kappa shape index (κ1) is 22.1. The predicted molar refractivity (Wildman–Crippen MR) is 112 cm³/mol. The van der Waals surface area contributed by atoms with E-state index in [9.17, 15) is 22.8 Å². The monoisotopic (exact) mass is 473 g/mol. The summed E-state index contributed by atoms with van der Waals surface area (Å²) in [6.45, 7) is -0.524. The molecule has 1 amide bonds. The van der Waals surface area contributed by atoms with E-state index in [1.165, 1.54) is 18.2 Å². The number of rotatable bonds is 5. The normalized spacial score (nSPS) is 15.7. The fourth-order valence-electron chi connectivity index (χ4n) is 2.55. The molecule has 1 heterocycles. The summed E-state index contributed by atoms with van der Waals surface area (Å²) in [5.41, 5.74) is -0.579. The van der Waals surface area contributed by atoms with Crippen LogP contribution in [0.25, 0.3) is 6.08 Å². The predicted octanol–water partition coefficient (Wildman–Crippen LogP) is 5.23. The summed E-state index contributed by atoms with van der Waals surface area (Å²) >= 11 is 11.7. The van der Waals surface area contributed by atoms with Gasteiger partial charge in [0.1, 0.15) is 5.75 Å². The largest absolute Gasteiger partial charge is 0.482 e. The van der Waals surface area contributed by atoms with Crippen LogP contribution in [0.5, 0.6) is 5.75 Å². The Hall–Kier alpha value is -2.56. The molecule has 0 aromatic heterocycles. The Kier molecular flexibility index (Phi) is 6.39. The standard InChI is InChI=1S/C19H11ClF3NO4S2/c20-14-5-4-11(8-13(14)19(21,22)23)24-17(27)15(30-18(24)29)7-10-2-1-3-12(6-10)28-9-16(25)26/h1-8H,9H2,(H,25,26)/b15-7+. The number of hydrogen-bond acceptors (Lipinski definition) is 5. The molecule has 5 nitrogen and oxygen atoms in total. The third-order valence-corrected chi connectivity index (χ3v) is 5.46. The highest BCUT2D eigenvalue weighted by Gasteiger charge is 2.37. The number of nitrogens with zero attached hydrogens (tertiary/aromatic N) is 1. The van der Waals surface area contributed by atoms with Crippen LogP contribution in [0.15, 0.2) is 47.4 Å². The topological polar surface area (TPSA) is 66.8 Å². The van der Waals surface area contributed by atoms with Crippen LogP contribution in [0.2, 0.25) is 5.02 Å². The molecule has 0 saturated carbocycles. The first-order valence-corrected chi connectivity index (χ1v) is 9.76. The molecule has 0 unspecified atom stereocenters. The zero-order valence-corrected chi connectivity index (χ0v) is 17.2. The van der Waals surface area contributed by atoms with Gasteiger partial charge in [0, 0.05) is 0 Å². The molecule has 156 valence electrons. The van der Waals surface area contributed by atoms with Crippen LogP contribution >= 0.6 is 35.6 Å². The minimum Gasteiger partial charge on any atom is -0.482 e. The van der Waals surface area contributed by atoms with E-state index in [1.54, 1.807) is 18.2 Å². The molecule has 2 aromatic carbocycles. The number of carbonyl (C=O) groups is 2. The smallest absolute Gasteiger partial charge is 0.417 e. The first-order chi connectivity index (χ1) is 14.1. The zero-order valence-electron chi connectivity index (χ0n) is 14.8. The number of anilines is 1. The second-order valence-electron chi connectivity index (χ2n) is 5.93. The van der Waals surface area contributed by atoms with Crippen molar-refractivity contribution in [1.82, 2.24) is 0 Å². The molecule has 1 N–H and O–H groups in total. The lowest BCUT2D eigenvalue weighted by Gasteiger charge is -2.17. The van der Waals surface area contributed by atoms with Gasteiger partial charge in [-0.25, -0.2) is 4.79 Å². The van der Waals surface area contributed by atoms with Crippen LogP contribution in [-0.2, 0) is 15.8 Å². The summed E-state index contributed by atoms with van der Waals surface area (Å²) in [5, 5.41) is 8.20. The van der Waals surface area contributed by atoms with Gasteiger partial charge in [-0.1, -0.05) is 47.7 Å². The summed E-state index contributed by atoms with van der Waals surface area (Å²) in [5.74, 6) is -1.44. The van der Waals surface area contributed by atoms with Crippen molar-refractivity contribution in [2.24, 2.45) is 0 Å². The second-order valence-corrected chi connectivity index (χ2v) is 8.02. The van der Waals surface area contributed by atoms with Crippen LogP contribution < -0.4 is 9.64 Å². The molecule has 1 saturated heterocycles. The van der Waals surface area contributed by atoms with Gasteiger partial charge in [0.15, 0.2) is 10.9 Å². The number of halogens is 4. The van der Waals surface area contributed by atoms with Crippen LogP contribution in [0.3, 0.4) is 0 Å². The molecule has 0 radical (unpaired) electrons. The van der Waals surface area contributed by atoms with E-state index in [0.717, 1.165) is 28.8 Å². The van der Waals surface area contributed by atoms with Gasteiger partial charge in [-0.05, 0) is 42.0 Å². The summed E-state index contributed by atoms with van der Waals surface area (Å²) < 4.78 is 44.6. The number of carboxylic acid groups (broad SMARTS) is 1. The fraction of sp³-hybridized carbons (Fsp3) is 0.105. The summed E-state index contributed by atoms with van der Waals surface area (Å²) in [6.07, 6.45) is -3.19. The van der Waals surface area contributed by atoms with Gasteiger partial charge in [0.2, 0.25) is 0 Å². The maximum Gasteiger partial charge on any atom is 0.417 e. The van der Waals surface area contributed by atoms with Crippen molar-refractivity contribution in [2.75, 3.05) is 11.5 Å². The Labute approximate surface area is 183 Å². The van der Waals surface area contributed by atoms with Crippen LogP contribution in [0, 0.1) is 0 Å². The minimum atomic E-state index is -4.68. The molecule has 11 heteroatoms. The lowest BCUT2D eigenvalue weighted by Crippen LogP contribution is -2.27. The molecule has 1 aliphatic heterocycles. The van der Waals surface area contributed by atoms with Crippen LogP contribution in [0.1, 0.15) is 11.1 Å². The van der Waals surface area contributed by atoms with Crippen molar-refractivity contribution in [3.05, 3.63) is 63.5 Å². The first-order valence-electron chi connectivity index (χ1n) is 8.15. The summed E-state index contributed by atoms with van der Waals surface area (Å²) in [7, 11) is 0. The number of hydrogen-bond donors (Lipinski definition) is 1. The molecule has 3 rings (SSSR count). The van der Waals surface area contributed by atoms with E-state index >= 15 is 0 Å². The molecule has 30 heavy (non-hydrogen) atoms. The second kappa shape index (κ2) is 8.66. The Morgan fingerprint density at radius 3 is 2.67 bits per heavy atom. The van der Waals surface area contributed by atoms with E-state index in [1.807, 2.05) is 0 Å². The van der Waals surface area contributed by atoms with Crippen LogP contribution in [0.4, 0.5) is 18.9 Å². The molecular formula is C19H11ClF3NO4S2. The molecule has 2 aromatic rings. The fourth-order valence-corrected chi connectivity index (χ4v) is 4.07. The lowest BCUT2D eigenvalue weighted by molar-refractivity contribution is -0.139. The van der Waals surface area contributed by atoms with E-state index in [4.69, 9.17) is 33.7 Å². The quantitative estimate of drug-likeness (QED) is 0.474. The van der Waals surface area contributed by atoms with E-state index in [0.29, 0.717) is 5.56 Å². The van der Waals surface area contributed by atoms with Crippen LogP contribution in [-0.4, -0.2) is 27.9 Å². The summed E-state index contributed by atoms with van der Waals surface area (Å²) in [6, 6.07) is 9.47. The Morgan fingerprint density at radius 2 is 2.00 bits per heavy atom. The number of thioether (sulfide) groups is 1. The molecule has 0 atom stereocenters. The third-order valence-electron chi connectivity index (χ3n) is 3.83. The van der Waals surface area contributed by atoms with Gasteiger partial charge in [-0.15, -0.1) is 0 Å². The highest BCUT2D eigenvalue weighted by atomic mass is 35.5. The number of carboxylic acids is 1. The number of aliphatic carboxylic acids is 1. The summed E-state index contributed by atoms with van der Waals surface area (Å²) in [4.78, 5) is 24.6. The molecule has 1 fully saturated rings. The Morgan fingerprint density at radius 1 is 1.27 bits per heavy atom. The number of amides is 1. The molecule has 0 spiro atoms. The van der Waals surface area contributed by atoms with Crippen molar-refractivity contribution >= 4 is 63.5 Å². The molecule has 1 aliphatic rings. The average Bonchev–Trinajstić information content (AvgIpc) is 2.93. The number of alkyl halides is 3. The van der Waals surface area contributed by atoms with Crippen molar-refractivity contribution in [3.63, 3.8) is 0 Å². The Bertz CT molecular complexity index is 1070. The van der Waals surface area contributed by atoms with Crippen molar-refractivity contribution in [2.45, 2.75) is 6.18 Å². The number of ether oxygens (including phenoxy) is 1. The van der Waals surface area contributed by atoms with Gasteiger partial charge in [-0.3, -0.25) is 9.69 Å². The Balaban J connectivity index is 1.89. The number of carbonyl (C=O) groups excluding carboxylic acids is 1. The van der Waals surface area contributed by atoms with E-state index < -0.39 is 35.2 Å². The van der Waals surface area contributed by atoms with Gasteiger partial charge < -0.3 is 9.84 Å². The molecule has 0 bridgehead atoms. The molecule has 0 aliphatic carbocycles. The van der Waals surface area contributed by atoms with Gasteiger partial charge in [-0.2, -0.15) is 13.2 Å². The minimum absolute atomic E-state index is 0.0452. The zero-order chi connectivity index (χ0) is 22.1. The molecular weight excluding hydrogens is 463 g/mol. The SMILES string of the molecule is O=C(O)COc1cccc(/C=C2/SC(=S)N(c3ccc(Cl)c(C(F)(F)F)c3)C2=O)c1. The van der Waals surface area contributed by atoms with Gasteiger partial charge in [0.05, 0.1) is 21.2 Å². The average molecular weight is 474 g/mol. The van der Waals surface area contributed by atoms with Gasteiger partial charge in [0.25, 0.3) is 5.91 Å². The number of thiocarbonyl (C=S) groups is 1. The third kappa shape index (κ3) is 4.94. The highest BCUT2D eigenvalue weighted by Crippen LogP contribution is 2.41. The lowest BCUT2D eigenvalue weighted by atomic mass is 10.1. The van der Waals surface area contributed by atoms with Crippen molar-refractivity contribution in [3.8, 4) is 5.75 Å². The number of benzene rings is 2. The maximum absolute atomic E-state index is 13.1. The van der Waals surface area contributed by atoms with Crippen molar-refractivity contribution < 1.29 is 32.6 Å². The highest BCUT2D eigenvalue weighted by molar-refractivity contribution is 8.27. The van der Waals surface area contributed by atoms with Crippen molar-refractivity contribution in [1.29, 1.82) is 0 Å². The van der Waals surface area contributed by atoms with Gasteiger partial charge >= 0.3 is 12.1 Å².